The Hall–Kier alpha value is -0.160. The minimum absolute atomic E-state index is 0.108. The van der Waals surface area contributed by atoms with Gasteiger partial charge in [-0.05, 0) is 46.7 Å². The lowest BCUT2D eigenvalue weighted by atomic mass is 10.1. The average Bonchev–Trinajstić information content (AvgIpc) is 2.38. The van der Waals surface area contributed by atoms with Crippen LogP contribution in [-0.4, -0.2) is 56.6 Å². The van der Waals surface area contributed by atoms with Crippen molar-refractivity contribution >= 4 is 0 Å². The maximum absolute atomic E-state index is 5.52. The van der Waals surface area contributed by atoms with E-state index >= 15 is 0 Å². The van der Waals surface area contributed by atoms with Crippen LogP contribution in [0.15, 0.2) is 0 Å². The summed E-state index contributed by atoms with van der Waals surface area (Å²) < 4.78 is 11.0. The Morgan fingerprint density at radius 2 is 1.67 bits per heavy atom. The molecular weight excluding hydrogens is 228 g/mol. The molecule has 1 unspecified atom stereocenters. The van der Waals surface area contributed by atoms with Crippen LogP contribution in [0.5, 0.6) is 0 Å². The molecule has 0 aromatic carbocycles. The summed E-state index contributed by atoms with van der Waals surface area (Å²) in [7, 11) is 0. The number of hydrogen-bond donors (Lipinski definition) is 1. The number of rotatable bonds is 9. The van der Waals surface area contributed by atoms with Crippen molar-refractivity contribution in [1.82, 2.24) is 10.2 Å². The van der Waals surface area contributed by atoms with E-state index in [1.807, 2.05) is 13.8 Å². The van der Waals surface area contributed by atoms with Gasteiger partial charge in [-0.15, -0.1) is 0 Å². The first kappa shape index (κ1) is 15.9. The van der Waals surface area contributed by atoms with Gasteiger partial charge in [0.2, 0.25) is 0 Å². The van der Waals surface area contributed by atoms with E-state index < -0.39 is 0 Å². The molecule has 0 spiro atoms. The zero-order valence-electron chi connectivity index (χ0n) is 12.3. The third kappa shape index (κ3) is 6.69. The Bertz CT molecular complexity index is 190. The first-order valence-corrected chi connectivity index (χ1v) is 7.45. The van der Waals surface area contributed by atoms with Crippen LogP contribution in [-0.2, 0) is 9.47 Å². The molecule has 1 aliphatic heterocycles. The first-order valence-electron chi connectivity index (χ1n) is 7.45. The maximum Gasteiger partial charge on any atom is 0.169 e. The van der Waals surface area contributed by atoms with Crippen molar-refractivity contribution in [3.05, 3.63) is 0 Å². The quantitative estimate of drug-likeness (QED) is 0.640. The molecule has 108 valence electrons. The van der Waals surface area contributed by atoms with Gasteiger partial charge in [-0.3, -0.25) is 0 Å². The molecule has 1 atom stereocenters. The summed E-state index contributed by atoms with van der Waals surface area (Å²) in [5.41, 5.74) is 0. The maximum atomic E-state index is 5.52. The first-order chi connectivity index (χ1) is 8.76. The summed E-state index contributed by atoms with van der Waals surface area (Å²) in [5, 5.41) is 3.51. The zero-order valence-corrected chi connectivity index (χ0v) is 12.3. The minimum Gasteiger partial charge on any atom is -0.352 e. The van der Waals surface area contributed by atoms with E-state index in [1.165, 1.54) is 32.4 Å². The van der Waals surface area contributed by atoms with E-state index in [0.717, 1.165) is 13.1 Å². The Kier molecular flexibility index (Phi) is 8.59. The highest BCUT2D eigenvalue weighted by Gasteiger charge is 2.14. The lowest BCUT2D eigenvalue weighted by Gasteiger charge is -2.30. The smallest absolute Gasteiger partial charge is 0.169 e. The van der Waals surface area contributed by atoms with Crippen molar-refractivity contribution < 1.29 is 9.47 Å². The molecule has 1 aliphatic rings. The van der Waals surface area contributed by atoms with Gasteiger partial charge in [-0.25, -0.2) is 0 Å². The molecule has 0 radical (unpaired) electrons. The Balaban J connectivity index is 2.15. The monoisotopic (exact) mass is 258 g/mol. The second-order valence-electron chi connectivity index (χ2n) is 5.01. The van der Waals surface area contributed by atoms with E-state index in [4.69, 9.17) is 9.47 Å². The molecule has 4 heteroatoms. The van der Waals surface area contributed by atoms with Crippen molar-refractivity contribution in [2.24, 2.45) is 0 Å². The van der Waals surface area contributed by atoms with Gasteiger partial charge in [0.05, 0.1) is 0 Å². The van der Waals surface area contributed by atoms with Crippen molar-refractivity contribution in [2.45, 2.75) is 52.4 Å². The van der Waals surface area contributed by atoms with Crippen molar-refractivity contribution in [2.75, 3.05) is 39.4 Å². The number of nitrogens with zero attached hydrogens (tertiary/aromatic N) is 1. The standard InChI is InChI=1S/C14H30N2O2/c1-4-17-14(18-5-2)11-15-13(3)12-16-9-7-6-8-10-16/h13-15H,4-12H2,1-3H3. The lowest BCUT2D eigenvalue weighted by molar-refractivity contribution is -0.133. The van der Waals surface area contributed by atoms with Crippen LogP contribution in [0.2, 0.25) is 0 Å². The number of nitrogens with one attached hydrogen (secondary N) is 1. The fourth-order valence-electron chi connectivity index (χ4n) is 2.43. The third-order valence-electron chi connectivity index (χ3n) is 3.32. The molecule has 0 bridgehead atoms. The average molecular weight is 258 g/mol. The van der Waals surface area contributed by atoms with Gasteiger partial charge in [-0.1, -0.05) is 6.42 Å². The van der Waals surface area contributed by atoms with Crippen LogP contribution in [0, 0.1) is 0 Å². The highest BCUT2D eigenvalue weighted by molar-refractivity contribution is 4.71. The molecule has 1 saturated heterocycles. The Morgan fingerprint density at radius 3 is 2.22 bits per heavy atom. The van der Waals surface area contributed by atoms with Gasteiger partial charge >= 0.3 is 0 Å². The number of ether oxygens (including phenoxy) is 2. The highest BCUT2D eigenvalue weighted by atomic mass is 16.7. The predicted molar refractivity (Wildman–Crippen MR) is 74.8 cm³/mol. The normalized spacial score (nSPS) is 19.3. The van der Waals surface area contributed by atoms with Crippen LogP contribution in [0.3, 0.4) is 0 Å². The van der Waals surface area contributed by atoms with Crippen LogP contribution < -0.4 is 5.32 Å². The molecule has 0 aromatic heterocycles. The fraction of sp³-hybridized carbons (Fsp3) is 1.00. The molecule has 0 saturated carbocycles. The molecule has 4 nitrogen and oxygen atoms in total. The van der Waals surface area contributed by atoms with Crippen molar-refractivity contribution in [1.29, 1.82) is 0 Å². The van der Waals surface area contributed by atoms with Gasteiger partial charge in [0, 0.05) is 32.3 Å². The summed E-state index contributed by atoms with van der Waals surface area (Å²) >= 11 is 0. The fourth-order valence-corrected chi connectivity index (χ4v) is 2.43. The molecule has 1 rings (SSSR count). The zero-order chi connectivity index (χ0) is 13.2. The molecule has 1 heterocycles. The van der Waals surface area contributed by atoms with Gasteiger partial charge in [-0.2, -0.15) is 0 Å². The second-order valence-corrected chi connectivity index (χ2v) is 5.01. The molecular formula is C14H30N2O2. The SMILES string of the molecule is CCOC(CNC(C)CN1CCCCC1)OCC. The summed E-state index contributed by atoms with van der Waals surface area (Å²) in [5.74, 6) is 0. The minimum atomic E-state index is -0.108. The number of likely N-dealkylation sites (tertiary alicyclic amines) is 1. The summed E-state index contributed by atoms with van der Waals surface area (Å²) in [6.45, 7) is 12.1. The summed E-state index contributed by atoms with van der Waals surface area (Å²) in [6, 6.07) is 0.492. The van der Waals surface area contributed by atoms with Gasteiger partial charge < -0.3 is 19.7 Å². The molecule has 0 amide bonds. The molecule has 18 heavy (non-hydrogen) atoms. The van der Waals surface area contributed by atoms with Crippen LogP contribution in [0.1, 0.15) is 40.0 Å². The van der Waals surface area contributed by atoms with Crippen LogP contribution in [0.4, 0.5) is 0 Å². The predicted octanol–water partition coefficient (Wildman–Crippen LogP) is 1.85. The Morgan fingerprint density at radius 1 is 1.06 bits per heavy atom. The second kappa shape index (κ2) is 9.73. The van der Waals surface area contributed by atoms with E-state index in [0.29, 0.717) is 19.3 Å². The summed E-state index contributed by atoms with van der Waals surface area (Å²) in [4.78, 5) is 2.55. The van der Waals surface area contributed by atoms with E-state index in [9.17, 15) is 0 Å². The largest absolute Gasteiger partial charge is 0.352 e. The number of piperidine rings is 1. The highest BCUT2D eigenvalue weighted by Crippen LogP contribution is 2.08. The van der Waals surface area contributed by atoms with Crippen LogP contribution in [0.25, 0.3) is 0 Å². The van der Waals surface area contributed by atoms with Gasteiger partial charge in [0.15, 0.2) is 6.29 Å². The summed E-state index contributed by atoms with van der Waals surface area (Å²) in [6.07, 6.45) is 4.00. The van der Waals surface area contributed by atoms with Crippen molar-refractivity contribution in [3.8, 4) is 0 Å². The Labute approximate surface area is 112 Å². The lowest BCUT2D eigenvalue weighted by Crippen LogP contribution is -2.44. The van der Waals surface area contributed by atoms with E-state index in [1.54, 1.807) is 0 Å². The molecule has 1 fully saturated rings. The number of hydrogen-bond acceptors (Lipinski definition) is 4. The van der Waals surface area contributed by atoms with E-state index in [-0.39, 0.29) is 6.29 Å². The van der Waals surface area contributed by atoms with Crippen LogP contribution >= 0.6 is 0 Å². The van der Waals surface area contributed by atoms with Crippen molar-refractivity contribution in [3.63, 3.8) is 0 Å². The molecule has 0 aromatic rings. The van der Waals surface area contributed by atoms with Gasteiger partial charge in [0.1, 0.15) is 0 Å². The topological polar surface area (TPSA) is 33.7 Å². The third-order valence-corrected chi connectivity index (χ3v) is 3.32. The van der Waals surface area contributed by atoms with E-state index in [2.05, 4.69) is 17.1 Å². The molecule has 0 aliphatic carbocycles. The van der Waals surface area contributed by atoms with Gasteiger partial charge in [0.25, 0.3) is 0 Å². The molecule has 1 N–H and O–H groups in total.